The highest BCUT2D eigenvalue weighted by Crippen LogP contribution is 2.64. The second-order valence-electron chi connectivity index (χ2n) is 9.37. The van der Waals surface area contributed by atoms with E-state index >= 15 is 0 Å². The van der Waals surface area contributed by atoms with Crippen molar-refractivity contribution in [3.05, 3.63) is 22.8 Å². The van der Waals surface area contributed by atoms with Gasteiger partial charge in [0.1, 0.15) is 0 Å². The summed E-state index contributed by atoms with van der Waals surface area (Å²) < 4.78 is 0. The van der Waals surface area contributed by atoms with E-state index in [-0.39, 0.29) is 5.41 Å². The number of hydrogen-bond acceptors (Lipinski definition) is 2. The third-order valence-electron chi connectivity index (χ3n) is 8.35. The number of ketones is 1. The maximum Gasteiger partial charge on any atom is 0.155 e. The smallest absolute Gasteiger partial charge is 0.155 e. The summed E-state index contributed by atoms with van der Waals surface area (Å²) in [7, 11) is 0. The molecule has 2 unspecified atom stereocenters. The maximum atomic E-state index is 11.9. The summed E-state index contributed by atoms with van der Waals surface area (Å²) in [6.45, 7) is 7.47. The molecule has 0 saturated heterocycles. The van der Waals surface area contributed by atoms with Gasteiger partial charge in [-0.2, -0.15) is 0 Å². The highest BCUT2D eigenvalue weighted by Gasteiger charge is 2.54. The molecule has 1 fully saturated rings. The molecule has 4 rings (SSSR count). The summed E-state index contributed by atoms with van der Waals surface area (Å²) in [6, 6.07) is 0. The van der Waals surface area contributed by atoms with E-state index in [4.69, 9.17) is 0 Å². The van der Waals surface area contributed by atoms with E-state index in [2.05, 4.69) is 20.8 Å². The molecule has 2 heteroatoms. The minimum atomic E-state index is 0.170. The van der Waals surface area contributed by atoms with Crippen LogP contribution < -0.4 is 0 Å². The summed E-state index contributed by atoms with van der Waals surface area (Å²) in [5.41, 5.74) is 5.42. The van der Waals surface area contributed by atoms with E-state index in [1.165, 1.54) is 37.7 Å². The number of rotatable bonds is 2. The number of carbonyl (C=O) groups excluding carboxylic acids is 1. The van der Waals surface area contributed by atoms with Gasteiger partial charge in [0, 0.05) is 18.4 Å². The standard InChI is InChI=1S/C22H32O2/c1-14(13-23)18-6-7-19-17-5-4-15-12-16(24)8-10-21(15,2)20(17)9-11-22(18,19)3/h12,14,18-19,23H,4-11,13H2,1-3H3/t14?,18?,19-,21-,22+/m0/s1. The Labute approximate surface area is 146 Å². The average molecular weight is 328 g/mol. The topological polar surface area (TPSA) is 37.3 Å². The fraction of sp³-hybridized carbons (Fsp3) is 0.773. The predicted molar refractivity (Wildman–Crippen MR) is 96.5 cm³/mol. The lowest BCUT2D eigenvalue weighted by Gasteiger charge is -2.52. The molecule has 4 aliphatic carbocycles. The fourth-order valence-electron chi connectivity index (χ4n) is 6.90. The summed E-state index contributed by atoms with van der Waals surface area (Å²) in [6.07, 6.45) is 11.0. The van der Waals surface area contributed by atoms with Gasteiger partial charge in [-0.3, -0.25) is 4.79 Å². The van der Waals surface area contributed by atoms with Crippen LogP contribution in [0.5, 0.6) is 0 Å². The summed E-state index contributed by atoms with van der Waals surface area (Å²) in [5.74, 6) is 2.14. The van der Waals surface area contributed by atoms with Crippen LogP contribution in [0.3, 0.4) is 0 Å². The molecule has 0 aliphatic heterocycles. The van der Waals surface area contributed by atoms with Crippen molar-refractivity contribution >= 4 is 5.78 Å². The Hall–Kier alpha value is -0.890. The van der Waals surface area contributed by atoms with Crippen LogP contribution in [0.15, 0.2) is 22.8 Å². The van der Waals surface area contributed by atoms with Crippen LogP contribution in [-0.4, -0.2) is 17.5 Å². The number of hydrogen-bond donors (Lipinski definition) is 1. The van der Waals surface area contributed by atoms with E-state index in [9.17, 15) is 9.90 Å². The first-order valence-electron chi connectivity index (χ1n) is 9.97. The molecule has 5 atom stereocenters. The zero-order valence-electron chi connectivity index (χ0n) is 15.5. The molecule has 1 N–H and O–H groups in total. The van der Waals surface area contributed by atoms with Gasteiger partial charge in [0.2, 0.25) is 0 Å². The van der Waals surface area contributed by atoms with Crippen molar-refractivity contribution < 1.29 is 9.90 Å². The van der Waals surface area contributed by atoms with Gasteiger partial charge in [-0.25, -0.2) is 0 Å². The zero-order chi connectivity index (χ0) is 17.1. The fourth-order valence-corrected chi connectivity index (χ4v) is 6.90. The molecule has 4 aliphatic rings. The molecular weight excluding hydrogens is 296 g/mol. The number of carbonyl (C=O) groups is 1. The largest absolute Gasteiger partial charge is 0.396 e. The lowest BCUT2D eigenvalue weighted by Crippen LogP contribution is -2.42. The van der Waals surface area contributed by atoms with Gasteiger partial charge >= 0.3 is 0 Å². The minimum absolute atomic E-state index is 0.170. The molecule has 0 heterocycles. The Balaban J connectivity index is 1.73. The summed E-state index contributed by atoms with van der Waals surface area (Å²) in [4.78, 5) is 11.9. The molecule has 24 heavy (non-hydrogen) atoms. The molecule has 0 aromatic heterocycles. The molecule has 0 aromatic rings. The molecular formula is C22H32O2. The van der Waals surface area contributed by atoms with Crippen LogP contribution in [0, 0.1) is 28.6 Å². The van der Waals surface area contributed by atoms with Gasteiger partial charge in [-0.1, -0.05) is 37.5 Å². The van der Waals surface area contributed by atoms with Crippen LogP contribution in [0.1, 0.15) is 72.1 Å². The molecule has 132 valence electrons. The highest BCUT2D eigenvalue weighted by atomic mass is 16.3. The van der Waals surface area contributed by atoms with Crippen molar-refractivity contribution in [1.29, 1.82) is 0 Å². The van der Waals surface area contributed by atoms with E-state index in [0.717, 1.165) is 25.2 Å². The van der Waals surface area contributed by atoms with Gasteiger partial charge in [0.05, 0.1) is 0 Å². The first kappa shape index (κ1) is 16.6. The van der Waals surface area contributed by atoms with Gasteiger partial charge in [0.25, 0.3) is 0 Å². The van der Waals surface area contributed by atoms with E-state index in [1.54, 1.807) is 11.1 Å². The third kappa shape index (κ3) is 2.14. The van der Waals surface area contributed by atoms with Gasteiger partial charge in [-0.15, -0.1) is 0 Å². The zero-order valence-corrected chi connectivity index (χ0v) is 15.5. The monoisotopic (exact) mass is 328 g/mol. The Morgan fingerprint density at radius 2 is 1.96 bits per heavy atom. The molecule has 1 saturated carbocycles. The number of allylic oxidation sites excluding steroid dienone is 4. The van der Waals surface area contributed by atoms with Crippen LogP contribution in [-0.2, 0) is 4.79 Å². The SMILES string of the molecule is CC(CO)C1CC[C@H]2C3=C(CC[C@]12C)[C@@]1(C)CCC(=O)C=C1CC3. The molecule has 0 amide bonds. The highest BCUT2D eigenvalue weighted by molar-refractivity contribution is 5.92. The Morgan fingerprint density at radius 3 is 2.71 bits per heavy atom. The van der Waals surface area contributed by atoms with Crippen LogP contribution >= 0.6 is 0 Å². The van der Waals surface area contributed by atoms with Crippen molar-refractivity contribution in [3.8, 4) is 0 Å². The summed E-state index contributed by atoms with van der Waals surface area (Å²) >= 11 is 0. The number of fused-ring (bicyclic) bond motifs is 4. The van der Waals surface area contributed by atoms with E-state index in [0.29, 0.717) is 29.6 Å². The Bertz CT molecular complexity index is 628. The molecule has 0 radical (unpaired) electrons. The first-order chi connectivity index (χ1) is 11.4. The van der Waals surface area contributed by atoms with Crippen LogP contribution in [0.4, 0.5) is 0 Å². The molecule has 2 nitrogen and oxygen atoms in total. The number of aliphatic hydroxyl groups is 1. The van der Waals surface area contributed by atoms with E-state index in [1.807, 2.05) is 6.08 Å². The number of aliphatic hydroxyl groups excluding tert-OH is 1. The first-order valence-corrected chi connectivity index (χ1v) is 9.97. The minimum Gasteiger partial charge on any atom is -0.396 e. The van der Waals surface area contributed by atoms with Crippen molar-refractivity contribution in [1.82, 2.24) is 0 Å². The van der Waals surface area contributed by atoms with Gasteiger partial charge < -0.3 is 5.11 Å². The van der Waals surface area contributed by atoms with Gasteiger partial charge in [-0.05, 0) is 74.2 Å². The normalized spacial score (nSPS) is 43.0. The van der Waals surface area contributed by atoms with Crippen molar-refractivity contribution in [3.63, 3.8) is 0 Å². The third-order valence-corrected chi connectivity index (χ3v) is 8.35. The quantitative estimate of drug-likeness (QED) is 0.737. The van der Waals surface area contributed by atoms with Crippen LogP contribution in [0.2, 0.25) is 0 Å². The molecule has 0 bridgehead atoms. The average Bonchev–Trinajstić information content (AvgIpc) is 2.92. The second-order valence-corrected chi connectivity index (χ2v) is 9.37. The molecule has 0 aromatic carbocycles. The van der Waals surface area contributed by atoms with Crippen molar-refractivity contribution in [2.24, 2.45) is 28.6 Å². The maximum absolute atomic E-state index is 11.9. The van der Waals surface area contributed by atoms with Crippen molar-refractivity contribution in [2.45, 2.75) is 72.1 Å². The Morgan fingerprint density at radius 1 is 1.17 bits per heavy atom. The molecule has 0 spiro atoms. The Kier molecular flexibility index (Phi) is 3.84. The second kappa shape index (κ2) is 5.56. The lowest BCUT2D eigenvalue weighted by molar-refractivity contribution is -0.115. The van der Waals surface area contributed by atoms with E-state index < -0.39 is 0 Å². The summed E-state index contributed by atoms with van der Waals surface area (Å²) in [5, 5.41) is 9.70. The lowest BCUT2D eigenvalue weighted by atomic mass is 9.53. The predicted octanol–water partition coefficient (Wildman–Crippen LogP) is 4.83. The van der Waals surface area contributed by atoms with Gasteiger partial charge in [0.15, 0.2) is 5.78 Å². The van der Waals surface area contributed by atoms with Crippen molar-refractivity contribution in [2.75, 3.05) is 6.61 Å². The van der Waals surface area contributed by atoms with Crippen LogP contribution in [0.25, 0.3) is 0 Å².